The zero-order chi connectivity index (χ0) is 16.3. The Labute approximate surface area is 176 Å². The number of amides is 1. The fourth-order valence-electron chi connectivity index (χ4n) is 2.89. The lowest BCUT2D eigenvalue weighted by atomic mass is 10.2. The van der Waals surface area contributed by atoms with Crippen LogP contribution in [0.15, 0.2) is 30.3 Å². The van der Waals surface area contributed by atoms with Crippen molar-refractivity contribution in [3.63, 3.8) is 0 Å². The third-order valence-corrected chi connectivity index (χ3v) is 4.30. The zero-order valence-corrected chi connectivity index (χ0v) is 17.7. The van der Waals surface area contributed by atoms with Crippen molar-refractivity contribution >= 4 is 43.1 Å². The van der Waals surface area contributed by atoms with Gasteiger partial charge in [-0.2, -0.15) is 0 Å². The predicted molar refractivity (Wildman–Crippen MR) is 116 cm³/mol. The molecule has 0 spiro atoms. The number of halogens is 3. The second-order valence-electron chi connectivity index (χ2n) is 6.20. The smallest absolute Gasteiger partial charge is 0.220 e. The van der Waals surface area contributed by atoms with E-state index in [4.69, 9.17) is 5.73 Å². The number of nitrogens with two attached hydrogens (primary N) is 1. The van der Waals surface area contributed by atoms with Crippen LogP contribution in [0.1, 0.15) is 24.8 Å². The average Bonchev–Trinajstić information content (AvgIpc) is 2.59. The Balaban J connectivity index is 0. The summed E-state index contributed by atoms with van der Waals surface area (Å²) in [5, 5.41) is 2.97. The van der Waals surface area contributed by atoms with Crippen LogP contribution in [0.25, 0.3) is 0 Å². The van der Waals surface area contributed by atoms with E-state index in [1.165, 1.54) is 5.56 Å². The topological polar surface area (TPSA) is 61.6 Å². The molecule has 26 heavy (non-hydrogen) atoms. The van der Waals surface area contributed by atoms with Crippen molar-refractivity contribution in [1.82, 2.24) is 15.1 Å². The summed E-state index contributed by atoms with van der Waals surface area (Å²) in [6, 6.07) is 10.7. The van der Waals surface area contributed by atoms with E-state index in [2.05, 4.69) is 45.4 Å². The number of hydrogen-bond acceptors (Lipinski definition) is 4. The summed E-state index contributed by atoms with van der Waals surface area (Å²) in [5.74, 6) is 0.128. The molecule has 1 aliphatic rings. The summed E-state index contributed by atoms with van der Waals surface area (Å²) in [6.45, 7) is 7.95. The van der Waals surface area contributed by atoms with E-state index in [1.807, 2.05) is 0 Å². The van der Waals surface area contributed by atoms with Crippen molar-refractivity contribution in [2.24, 2.45) is 5.73 Å². The first-order valence-corrected chi connectivity index (χ1v) is 8.73. The van der Waals surface area contributed by atoms with Gasteiger partial charge in [-0.25, -0.2) is 0 Å². The van der Waals surface area contributed by atoms with E-state index >= 15 is 0 Å². The van der Waals surface area contributed by atoms with Crippen molar-refractivity contribution in [2.75, 3.05) is 45.8 Å². The summed E-state index contributed by atoms with van der Waals surface area (Å²) in [5.41, 5.74) is 6.79. The van der Waals surface area contributed by atoms with Gasteiger partial charge < -0.3 is 16.0 Å². The van der Waals surface area contributed by atoms with Gasteiger partial charge in [-0.15, -0.1) is 37.2 Å². The van der Waals surface area contributed by atoms with E-state index in [0.717, 1.165) is 58.7 Å². The first-order chi connectivity index (χ1) is 11.3. The largest absolute Gasteiger partial charge is 0.356 e. The summed E-state index contributed by atoms with van der Waals surface area (Å²) in [4.78, 5) is 16.5. The summed E-state index contributed by atoms with van der Waals surface area (Å²) < 4.78 is 0. The molecule has 0 saturated carbocycles. The number of hydrogen-bond donors (Lipinski definition) is 2. The van der Waals surface area contributed by atoms with Crippen LogP contribution in [0.4, 0.5) is 0 Å². The van der Waals surface area contributed by atoms with Gasteiger partial charge in [0.1, 0.15) is 0 Å². The molecule has 152 valence electrons. The third kappa shape index (κ3) is 11.2. The highest BCUT2D eigenvalue weighted by molar-refractivity contribution is 5.86. The SMILES string of the molecule is Cl.Cl.Cl.NCCCC(=O)NCCCN1CCN(Cc2ccccc2)CC1. The molecule has 1 aromatic carbocycles. The Morgan fingerprint density at radius 1 is 0.962 bits per heavy atom. The zero-order valence-electron chi connectivity index (χ0n) is 15.3. The first-order valence-electron chi connectivity index (χ1n) is 8.73. The highest BCUT2D eigenvalue weighted by atomic mass is 35.5. The lowest BCUT2D eigenvalue weighted by molar-refractivity contribution is -0.121. The molecule has 1 aromatic rings. The first kappa shape index (κ1) is 27.7. The van der Waals surface area contributed by atoms with Crippen LogP contribution in [-0.4, -0.2) is 61.5 Å². The minimum atomic E-state index is 0. The van der Waals surface area contributed by atoms with Crippen LogP contribution in [0, 0.1) is 0 Å². The lowest BCUT2D eigenvalue weighted by Gasteiger charge is -2.34. The Kier molecular flexibility index (Phi) is 17.7. The molecule has 0 aliphatic carbocycles. The minimum absolute atomic E-state index is 0. The number of rotatable bonds is 9. The standard InChI is InChI=1S/C18H30N4O.3ClH/c19-9-4-8-18(23)20-10-5-11-21-12-14-22(15-13-21)16-17-6-2-1-3-7-17;;;/h1-3,6-7H,4-5,8-16,19H2,(H,20,23);3*1H. The second kappa shape index (κ2) is 16.6. The number of carbonyl (C=O) groups excluding carboxylic acids is 1. The molecule has 1 heterocycles. The molecule has 2 rings (SSSR count). The number of nitrogens with zero attached hydrogens (tertiary/aromatic N) is 2. The van der Waals surface area contributed by atoms with Crippen molar-refractivity contribution in [3.05, 3.63) is 35.9 Å². The molecular formula is C18H33Cl3N4O. The van der Waals surface area contributed by atoms with Gasteiger partial charge in [0.05, 0.1) is 0 Å². The van der Waals surface area contributed by atoms with Gasteiger partial charge in [0.2, 0.25) is 5.91 Å². The fraction of sp³-hybridized carbons (Fsp3) is 0.611. The molecular weight excluding hydrogens is 395 g/mol. The van der Waals surface area contributed by atoms with Crippen LogP contribution in [0.3, 0.4) is 0 Å². The summed E-state index contributed by atoms with van der Waals surface area (Å²) >= 11 is 0. The molecule has 1 saturated heterocycles. The maximum Gasteiger partial charge on any atom is 0.220 e. The lowest BCUT2D eigenvalue weighted by Crippen LogP contribution is -2.46. The quantitative estimate of drug-likeness (QED) is 0.594. The normalized spacial score (nSPS) is 14.5. The fourth-order valence-corrected chi connectivity index (χ4v) is 2.89. The van der Waals surface area contributed by atoms with Gasteiger partial charge in [0.25, 0.3) is 0 Å². The Morgan fingerprint density at radius 2 is 1.58 bits per heavy atom. The van der Waals surface area contributed by atoms with Crippen LogP contribution in [0.2, 0.25) is 0 Å². The summed E-state index contributed by atoms with van der Waals surface area (Å²) in [7, 11) is 0. The average molecular weight is 428 g/mol. The number of carbonyl (C=O) groups is 1. The minimum Gasteiger partial charge on any atom is -0.356 e. The van der Waals surface area contributed by atoms with E-state index < -0.39 is 0 Å². The monoisotopic (exact) mass is 426 g/mol. The van der Waals surface area contributed by atoms with Crippen LogP contribution in [-0.2, 0) is 11.3 Å². The van der Waals surface area contributed by atoms with Gasteiger partial charge in [-0.05, 0) is 31.5 Å². The number of piperazine rings is 1. The molecule has 0 bridgehead atoms. The highest BCUT2D eigenvalue weighted by Crippen LogP contribution is 2.08. The number of nitrogens with one attached hydrogen (secondary N) is 1. The van der Waals surface area contributed by atoms with E-state index in [-0.39, 0.29) is 43.1 Å². The van der Waals surface area contributed by atoms with Crippen molar-refractivity contribution in [3.8, 4) is 0 Å². The Hall–Kier alpha value is -0.560. The molecule has 1 aliphatic heterocycles. The van der Waals surface area contributed by atoms with Gasteiger partial charge in [-0.1, -0.05) is 30.3 Å². The number of benzene rings is 1. The van der Waals surface area contributed by atoms with Crippen molar-refractivity contribution in [1.29, 1.82) is 0 Å². The maximum atomic E-state index is 11.5. The van der Waals surface area contributed by atoms with Crippen LogP contribution in [0.5, 0.6) is 0 Å². The molecule has 3 N–H and O–H groups in total. The van der Waals surface area contributed by atoms with Gasteiger partial charge in [-0.3, -0.25) is 9.69 Å². The molecule has 1 amide bonds. The molecule has 5 nitrogen and oxygen atoms in total. The van der Waals surface area contributed by atoms with Crippen LogP contribution < -0.4 is 11.1 Å². The van der Waals surface area contributed by atoms with Crippen molar-refractivity contribution < 1.29 is 4.79 Å². The second-order valence-corrected chi connectivity index (χ2v) is 6.20. The third-order valence-electron chi connectivity index (χ3n) is 4.30. The maximum absolute atomic E-state index is 11.5. The molecule has 0 unspecified atom stereocenters. The van der Waals surface area contributed by atoms with Crippen molar-refractivity contribution in [2.45, 2.75) is 25.8 Å². The van der Waals surface area contributed by atoms with Crippen LogP contribution >= 0.6 is 37.2 Å². The molecule has 8 heteroatoms. The molecule has 0 aromatic heterocycles. The predicted octanol–water partition coefficient (Wildman–Crippen LogP) is 2.31. The Morgan fingerprint density at radius 3 is 2.19 bits per heavy atom. The van der Waals surface area contributed by atoms with E-state index in [1.54, 1.807) is 0 Å². The molecule has 0 atom stereocenters. The van der Waals surface area contributed by atoms with E-state index in [0.29, 0.717) is 13.0 Å². The Bertz CT molecular complexity index is 457. The van der Waals surface area contributed by atoms with E-state index in [9.17, 15) is 4.79 Å². The highest BCUT2D eigenvalue weighted by Gasteiger charge is 2.16. The molecule has 0 radical (unpaired) electrons. The van der Waals surface area contributed by atoms with Gasteiger partial charge in [0, 0.05) is 45.7 Å². The molecule has 1 fully saturated rings. The van der Waals surface area contributed by atoms with Gasteiger partial charge in [0.15, 0.2) is 0 Å². The summed E-state index contributed by atoms with van der Waals surface area (Å²) in [6.07, 6.45) is 2.34. The van der Waals surface area contributed by atoms with Gasteiger partial charge >= 0.3 is 0 Å².